The van der Waals surface area contributed by atoms with Gasteiger partial charge < -0.3 is 15.4 Å². The van der Waals surface area contributed by atoms with Gasteiger partial charge in [0.2, 0.25) is 0 Å². The van der Waals surface area contributed by atoms with Gasteiger partial charge in [-0.1, -0.05) is 30.3 Å². The first-order valence-electron chi connectivity index (χ1n) is 8.24. The van der Waals surface area contributed by atoms with Gasteiger partial charge in [0.25, 0.3) is 5.91 Å². The van der Waals surface area contributed by atoms with Crippen molar-refractivity contribution in [3.8, 4) is 5.75 Å². The van der Waals surface area contributed by atoms with E-state index in [0.717, 1.165) is 16.9 Å². The molecule has 4 N–H and O–H groups in total. The molecule has 0 radical (unpaired) electrons. The number of benzene rings is 2. The lowest BCUT2D eigenvalue weighted by atomic mass is 10.1. The lowest BCUT2D eigenvalue weighted by molar-refractivity contribution is -0.698. The normalized spacial score (nSPS) is 11.4. The molecule has 6 heteroatoms. The zero-order chi connectivity index (χ0) is 18.1. The molecular weight excluding hydrogens is 318 g/mol. The first-order chi connectivity index (χ1) is 12.1. The summed E-state index contributed by atoms with van der Waals surface area (Å²) in [6, 6.07) is 16.1. The fraction of sp³-hybridized carbons (Fsp3) is 0.263. The third-order valence-corrected chi connectivity index (χ3v) is 3.76. The Morgan fingerprint density at radius 1 is 1.08 bits per heavy atom. The van der Waals surface area contributed by atoms with Gasteiger partial charge in [0.1, 0.15) is 12.3 Å². The number of carbonyl (C=O) groups is 2. The largest absolute Gasteiger partial charge is 0.497 e. The second kappa shape index (κ2) is 9.44. The van der Waals surface area contributed by atoms with Crippen molar-refractivity contribution in [2.75, 3.05) is 13.7 Å². The lowest BCUT2D eigenvalue weighted by Crippen LogP contribution is -2.86. The van der Waals surface area contributed by atoms with Crippen LogP contribution >= 0.6 is 0 Å². The fourth-order valence-electron chi connectivity index (χ4n) is 2.46. The predicted octanol–water partition coefficient (Wildman–Crippen LogP) is 1.35. The van der Waals surface area contributed by atoms with Gasteiger partial charge in [-0.15, -0.1) is 0 Å². The van der Waals surface area contributed by atoms with Crippen molar-refractivity contribution in [2.24, 2.45) is 0 Å². The molecule has 0 aliphatic carbocycles. The number of quaternary nitrogens is 1. The Morgan fingerprint density at radius 2 is 1.76 bits per heavy atom. The zero-order valence-corrected chi connectivity index (χ0v) is 14.5. The summed E-state index contributed by atoms with van der Waals surface area (Å²) in [4.78, 5) is 24.2. The molecule has 2 aromatic rings. The maximum Gasteiger partial charge on any atom is 0.321 e. The molecule has 0 aromatic heterocycles. The van der Waals surface area contributed by atoms with Crippen LogP contribution in [0.1, 0.15) is 24.1 Å². The summed E-state index contributed by atoms with van der Waals surface area (Å²) in [6.45, 7) is 2.87. The molecular formula is C19H24N3O3+. The highest BCUT2D eigenvalue weighted by Gasteiger charge is 2.25. The Labute approximate surface area is 147 Å². The quantitative estimate of drug-likeness (QED) is 0.710. The Morgan fingerprint density at radius 3 is 2.36 bits per heavy atom. The molecule has 2 rings (SSSR count). The molecule has 0 aliphatic heterocycles. The van der Waals surface area contributed by atoms with Crippen molar-refractivity contribution in [1.82, 2.24) is 10.6 Å². The number of rotatable bonds is 7. The Hall–Kier alpha value is -2.86. The number of urea groups is 1. The molecule has 1 atom stereocenters. The molecule has 0 fully saturated rings. The fourth-order valence-corrected chi connectivity index (χ4v) is 2.46. The van der Waals surface area contributed by atoms with Crippen LogP contribution < -0.4 is 20.7 Å². The van der Waals surface area contributed by atoms with Gasteiger partial charge in [-0.05, 0) is 31.2 Å². The highest BCUT2D eigenvalue weighted by molar-refractivity contribution is 5.96. The van der Waals surface area contributed by atoms with Crippen LogP contribution in [-0.2, 0) is 11.3 Å². The predicted molar refractivity (Wildman–Crippen MR) is 95.0 cm³/mol. The molecule has 0 spiro atoms. The molecule has 0 bridgehead atoms. The van der Waals surface area contributed by atoms with Crippen molar-refractivity contribution in [3.05, 3.63) is 65.7 Å². The van der Waals surface area contributed by atoms with Gasteiger partial charge in [-0.25, -0.2) is 4.79 Å². The number of hydrogen-bond donors (Lipinski definition) is 3. The molecule has 0 saturated heterocycles. The third-order valence-electron chi connectivity index (χ3n) is 3.76. The van der Waals surface area contributed by atoms with Crippen LogP contribution in [-0.4, -0.2) is 25.6 Å². The number of ether oxygens (including phenoxy) is 1. The molecule has 0 aliphatic rings. The van der Waals surface area contributed by atoms with Crippen LogP contribution in [0.15, 0.2) is 54.6 Å². The Kier molecular flexibility index (Phi) is 6.98. The molecule has 0 saturated carbocycles. The lowest BCUT2D eigenvalue weighted by Gasteiger charge is -2.16. The summed E-state index contributed by atoms with van der Waals surface area (Å²) in [5.41, 5.74) is 1.91. The number of methoxy groups -OCH3 is 1. The number of imide groups is 1. The third kappa shape index (κ3) is 5.61. The second-order valence-electron chi connectivity index (χ2n) is 5.52. The van der Waals surface area contributed by atoms with Crippen molar-refractivity contribution >= 4 is 11.9 Å². The zero-order valence-electron chi connectivity index (χ0n) is 14.5. The SMILES string of the molecule is CCNC(=O)NC(=O)[C@H]([NH2+]Cc1ccc(OC)cc1)c1ccccc1. The van der Waals surface area contributed by atoms with E-state index in [-0.39, 0.29) is 5.91 Å². The Balaban J connectivity index is 2.08. The highest BCUT2D eigenvalue weighted by Crippen LogP contribution is 2.12. The van der Waals surface area contributed by atoms with E-state index < -0.39 is 12.1 Å². The molecule has 0 heterocycles. The van der Waals surface area contributed by atoms with E-state index >= 15 is 0 Å². The summed E-state index contributed by atoms with van der Waals surface area (Å²) in [5.74, 6) is 0.447. The number of hydrogen-bond acceptors (Lipinski definition) is 3. The summed E-state index contributed by atoms with van der Waals surface area (Å²) in [5, 5.41) is 6.87. The van der Waals surface area contributed by atoms with Gasteiger partial charge in [0.15, 0.2) is 6.04 Å². The maximum absolute atomic E-state index is 12.5. The van der Waals surface area contributed by atoms with Gasteiger partial charge in [-0.3, -0.25) is 10.1 Å². The minimum Gasteiger partial charge on any atom is -0.497 e. The van der Waals surface area contributed by atoms with Gasteiger partial charge in [-0.2, -0.15) is 0 Å². The smallest absolute Gasteiger partial charge is 0.321 e. The Bertz CT molecular complexity index is 687. The summed E-state index contributed by atoms with van der Waals surface area (Å²) in [7, 11) is 1.62. The van der Waals surface area contributed by atoms with E-state index in [4.69, 9.17) is 4.74 Å². The summed E-state index contributed by atoms with van der Waals surface area (Å²) in [6.07, 6.45) is 0. The van der Waals surface area contributed by atoms with Crippen LogP contribution in [0.25, 0.3) is 0 Å². The van der Waals surface area contributed by atoms with Crippen LogP contribution in [0.5, 0.6) is 5.75 Å². The first kappa shape index (κ1) is 18.5. The standard InChI is InChI=1S/C19H23N3O3/c1-3-20-19(24)22-18(23)17(15-7-5-4-6-8-15)21-13-14-9-11-16(25-2)12-10-14/h4-12,17,21H,3,13H2,1-2H3,(H2,20,22,23,24)/p+1/t17-/m1/s1. The van der Waals surface area contributed by atoms with E-state index in [0.29, 0.717) is 13.1 Å². The van der Waals surface area contributed by atoms with Gasteiger partial charge >= 0.3 is 6.03 Å². The summed E-state index contributed by atoms with van der Waals surface area (Å²) >= 11 is 0. The van der Waals surface area contributed by atoms with Gasteiger partial charge in [0.05, 0.1) is 7.11 Å². The van der Waals surface area contributed by atoms with E-state index in [1.54, 1.807) is 14.0 Å². The molecule has 0 unspecified atom stereocenters. The van der Waals surface area contributed by atoms with Crippen LogP contribution in [0.4, 0.5) is 4.79 Å². The summed E-state index contributed by atoms with van der Waals surface area (Å²) < 4.78 is 5.15. The highest BCUT2D eigenvalue weighted by atomic mass is 16.5. The van der Waals surface area contributed by atoms with Crippen molar-refractivity contribution < 1.29 is 19.6 Å². The van der Waals surface area contributed by atoms with E-state index in [1.165, 1.54) is 0 Å². The number of carbonyl (C=O) groups excluding carboxylic acids is 2. The molecule has 2 aromatic carbocycles. The average molecular weight is 342 g/mol. The second-order valence-corrected chi connectivity index (χ2v) is 5.52. The van der Waals surface area contributed by atoms with E-state index in [1.807, 2.05) is 59.9 Å². The van der Waals surface area contributed by atoms with Crippen LogP contribution in [0.3, 0.4) is 0 Å². The molecule has 25 heavy (non-hydrogen) atoms. The van der Waals surface area contributed by atoms with E-state index in [2.05, 4.69) is 10.6 Å². The monoisotopic (exact) mass is 342 g/mol. The molecule has 6 nitrogen and oxygen atoms in total. The molecule has 132 valence electrons. The van der Waals surface area contributed by atoms with Crippen LogP contribution in [0.2, 0.25) is 0 Å². The minimum atomic E-state index is -0.508. The minimum absolute atomic E-state index is 0.342. The van der Waals surface area contributed by atoms with Crippen LogP contribution in [0, 0.1) is 0 Å². The van der Waals surface area contributed by atoms with E-state index in [9.17, 15) is 9.59 Å². The number of amides is 3. The van der Waals surface area contributed by atoms with Gasteiger partial charge in [0, 0.05) is 17.7 Å². The maximum atomic E-state index is 12.5. The van der Waals surface area contributed by atoms with Crippen molar-refractivity contribution in [3.63, 3.8) is 0 Å². The van der Waals surface area contributed by atoms with Crippen molar-refractivity contribution in [2.45, 2.75) is 19.5 Å². The van der Waals surface area contributed by atoms with Crippen molar-refractivity contribution in [1.29, 1.82) is 0 Å². The number of nitrogens with two attached hydrogens (primary N) is 1. The average Bonchev–Trinajstić information content (AvgIpc) is 2.63. The number of nitrogens with one attached hydrogen (secondary N) is 2. The molecule has 3 amide bonds. The topological polar surface area (TPSA) is 84.0 Å². The first-order valence-corrected chi connectivity index (χ1v) is 8.24.